The molecular weight excluding hydrogens is 310 g/mol. The molecule has 4 nitrogen and oxygen atoms in total. The molecule has 118 valence electrons. The molecule has 1 aromatic heterocycles. The van der Waals surface area contributed by atoms with E-state index in [9.17, 15) is 14.7 Å². The zero-order valence-electron chi connectivity index (χ0n) is 12.6. The van der Waals surface area contributed by atoms with E-state index in [0.29, 0.717) is 17.8 Å². The lowest BCUT2D eigenvalue weighted by Gasteiger charge is -2.34. The van der Waals surface area contributed by atoms with Crippen LogP contribution in [0, 0.1) is 0 Å². The number of carbonyl (C=O) groups is 2. The minimum Gasteiger partial charge on any atom is -0.479 e. The molecular formula is C18H17NO3S. The molecule has 0 radical (unpaired) electrons. The number of carbonyl (C=O) groups excluding carboxylic acids is 1. The minimum atomic E-state index is -0.963. The summed E-state index contributed by atoms with van der Waals surface area (Å²) in [6.45, 7) is 0.454. The van der Waals surface area contributed by atoms with Crippen LogP contribution in [-0.2, 0) is 24.1 Å². The molecule has 2 heterocycles. The van der Waals surface area contributed by atoms with Gasteiger partial charge in [0.2, 0.25) is 0 Å². The van der Waals surface area contributed by atoms with Gasteiger partial charge in [0, 0.05) is 11.4 Å². The smallest absolute Gasteiger partial charge is 0.331 e. The van der Waals surface area contributed by atoms with Crippen LogP contribution >= 0.6 is 11.3 Å². The molecule has 2 aliphatic rings. The molecule has 1 aliphatic heterocycles. The van der Waals surface area contributed by atoms with E-state index < -0.39 is 12.0 Å². The maximum Gasteiger partial charge on any atom is 0.331 e. The predicted molar refractivity (Wildman–Crippen MR) is 87.9 cm³/mol. The highest BCUT2D eigenvalue weighted by atomic mass is 32.1. The summed E-state index contributed by atoms with van der Waals surface area (Å²) in [7, 11) is 0. The van der Waals surface area contributed by atoms with Gasteiger partial charge >= 0.3 is 5.97 Å². The van der Waals surface area contributed by atoms with Crippen molar-refractivity contribution in [2.45, 2.75) is 31.7 Å². The van der Waals surface area contributed by atoms with Crippen molar-refractivity contribution < 1.29 is 14.7 Å². The Morgan fingerprint density at radius 2 is 1.96 bits per heavy atom. The molecule has 0 saturated carbocycles. The molecule has 2 aromatic rings. The highest BCUT2D eigenvalue weighted by Gasteiger charge is 2.37. The molecule has 1 amide bonds. The van der Waals surface area contributed by atoms with Crippen molar-refractivity contribution in [3.8, 4) is 0 Å². The maximum absolute atomic E-state index is 12.9. The van der Waals surface area contributed by atoms with Gasteiger partial charge in [-0.3, -0.25) is 4.79 Å². The van der Waals surface area contributed by atoms with E-state index in [2.05, 4.69) is 0 Å². The van der Waals surface area contributed by atoms with Crippen LogP contribution in [0.4, 0.5) is 0 Å². The summed E-state index contributed by atoms with van der Waals surface area (Å²) in [5.74, 6) is -1.11. The Labute approximate surface area is 138 Å². The van der Waals surface area contributed by atoms with Crippen molar-refractivity contribution in [2.75, 3.05) is 6.54 Å². The van der Waals surface area contributed by atoms with Gasteiger partial charge in [-0.1, -0.05) is 24.3 Å². The van der Waals surface area contributed by atoms with Crippen LogP contribution in [0.3, 0.4) is 0 Å². The fraction of sp³-hybridized carbons (Fsp3) is 0.333. The quantitative estimate of drug-likeness (QED) is 0.922. The van der Waals surface area contributed by atoms with Gasteiger partial charge < -0.3 is 10.0 Å². The first-order valence-corrected chi connectivity index (χ1v) is 8.70. The lowest BCUT2D eigenvalue weighted by molar-refractivity contribution is -0.143. The van der Waals surface area contributed by atoms with E-state index in [0.717, 1.165) is 30.4 Å². The molecule has 0 bridgehead atoms. The molecule has 0 spiro atoms. The highest BCUT2D eigenvalue weighted by Crippen LogP contribution is 2.35. The van der Waals surface area contributed by atoms with Crippen molar-refractivity contribution in [3.05, 3.63) is 56.8 Å². The Balaban J connectivity index is 1.70. The summed E-state index contributed by atoms with van der Waals surface area (Å²) in [5.41, 5.74) is 3.03. The number of carboxylic acids is 1. The fourth-order valence-electron chi connectivity index (χ4n) is 3.63. The van der Waals surface area contributed by atoms with E-state index in [4.69, 9.17) is 0 Å². The summed E-state index contributed by atoms with van der Waals surface area (Å²) < 4.78 is 0. The fourth-order valence-corrected chi connectivity index (χ4v) is 4.84. The normalized spacial score (nSPS) is 19.3. The van der Waals surface area contributed by atoms with Crippen molar-refractivity contribution in [1.29, 1.82) is 0 Å². The van der Waals surface area contributed by atoms with Crippen molar-refractivity contribution >= 4 is 23.2 Å². The first-order valence-electron chi connectivity index (χ1n) is 7.88. The monoisotopic (exact) mass is 327 g/mol. The van der Waals surface area contributed by atoms with Crippen LogP contribution in [0.2, 0.25) is 0 Å². The van der Waals surface area contributed by atoms with Gasteiger partial charge in [-0.15, -0.1) is 11.3 Å². The second-order valence-electron chi connectivity index (χ2n) is 6.10. The molecule has 0 saturated heterocycles. The van der Waals surface area contributed by atoms with Crippen LogP contribution in [0.15, 0.2) is 30.3 Å². The minimum absolute atomic E-state index is 0.147. The van der Waals surface area contributed by atoms with Crippen LogP contribution in [0.5, 0.6) is 0 Å². The van der Waals surface area contributed by atoms with Gasteiger partial charge in [0.25, 0.3) is 5.91 Å². The summed E-state index contributed by atoms with van der Waals surface area (Å²) in [6, 6.07) is 8.61. The Morgan fingerprint density at radius 1 is 1.13 bits per heavy atom. The van der Waals surface area contributed by atoms with Crippen LogP contribution < -0.4 is 0 Å². The maximum atomic E-state index is 12.9. The summed E-state index contributed by atoms with van der Waals surface area (Å²) >= 11 is 1.53. The number of rotatable bonds is 2. The third-order valence-electron chi connectivity index (χ3n) is 4.74. The number of carboxylic acid groups (broad SMARTS) is 1. The van der Waals surface area contributed by atoms with Crippen LogP contribution in [0.25, 0.3) is 0 Å². The van der Waals surface area contributed by atoms with E-state index >= 15 is 0 Å². The van der Waals surface area contributed by atoms with E-state index in [1.807, 2.05) is 30.3 Å². The predicted octanol–water partition coefficient (Wildman–Crippen LogP) is 3.06. The van der Waals surface area contributed by atoms with Crippen LogP contribution in [-0.4, -0.2) is 28.4 Å². The number of nitrogens with zero attached hydrogens (tertiary/aromatic N) is 1. The average Bonchev–Trinajstić information content (AvgIpc) is 3.14. The van der Waals surface area contributed by atoms with Gasteiger partial charge in [0.15, 0.2) is 6.04 Å². The van der Waals surface area contributed by atoms with E-state index in [1.54, 1.807) is 0 Å². The van der Waals surface area contributed by atoms with Gasteiger partial charge in [-0.25, -0.2) is 4.79 Å². The number of hydrogen-bond acceptors (Lipinski definition) is 3. The van der Waals surface area contributed by atoms with Gasteiger partial charge in [0.05, 0.1) is 4.88 Å². The van der Waals surface area contributed by atoms with Crippen LogP contribution in [0.1, 0.15) is 43.7 Å². The number of amides is 1. The van der Waals surface area contributed by atoms with Crippen molar-refractivity contribution in [1.82, 2.24) is 4.90 Å². The Bertz CT molecular complexity index is 774. The number of aryl methyl sites for hydroxylation is 2. The topological polar surface area (TPSA) is 57.6 Å². The molecule has 1 aliphatic carbocycles. The Morgan fingerprint density at radius 3 is 2.74 bits per heavy atom. The highest BCUT2D eigenvalue weighted by molar-refractivity contribution is 7.14. The third-order valence-corrected chi connectivity index (χ3v) is 5.96. The number of aliphatic carboxylic acids is 1. The summed E-state index contributed by atoms with van der Waals surface area (Å²) in [4.78, 5) is 28.2. The van der Waals surface area contributed by atoms with E-state index in [1.165, 1.54) is 26.7 Å². The molecule has 1 aromatic carbocycles. The number of benzene rings is 1. The lowest BCUT2D eigenvalue weighted by Crippen LogP contribution is -2.43. The van der Waals surface area contributed by atoms with Crippen molar-refractivity contribution in [3.63, 3.8) is 0 Å². The first-order chi connectivity index (χ1) is 11.1. The Hall–Kier alpha value is -2.14. The molecule has 5 heteroatoms. The van der Waals surface area contributed by atoms with Crippen molar-refractivity contribution in [2.24, 2.45) is 0 Å². The lowest BCUT2D eigenvalue weighted by atomic mass is 9.92. The average molecular weight is 327 g/mol. The molecule has 0 fully saturated rings. The Kier molecular flexibility index (Phi) is 3.45. The number of fused-ring (bicyclic) bond motifs is 2. The molecule has 4 rings (SSSR count). The van der Waals surface area contributed by atoms with Gasteiger partial charge in [-0.05, 0) is 48.4 Å². The largest absolute Gasteiger partial charge is 0.479 e. The van der Waals surface area contributed by atoms with Gasteiger partial charge in [-0.2, -0.15) is 0 Å². The SMILES string of the molecule is O=C(O)C1c2ccccc2CCN1C(=O)c1cc2c(s1)CCC2. The van der Waals surface area contributed by atoms with E-state index in [-0.39, 0.29) is 5.91 Å². The number of hydrogen-bond donors (Lipinski definition) is 1. The molecule has 1 atom stereocenters. The number of thiophene rings is 1. The standard InChI is InChI=1S/C18H17NO3S/c20-17(15-10-12-5-3-7-14(12)23-15)19-9-8-11-4-1-2-6-13(11)16(19)18(21)22/h1-2,4,6,10,16H,3,5,7-9H2,(H,21,22). The zero-order chi connectivity index (χ0) is 16.0. The first kappa shape index (κ1) is 14.5. The molecule has 1 N–H and O–H groups in total. The summed E-state index contributed by atoms with van der Waals surface area (Å²) in [5, 5.41) is 9.68. The zero-order valence-corrected chi connectivity index (χ0v) is 13.4. The second-order valence-corrected chi connectivity index (χ2v) is 7.24. The van der Waals surface area contributed by atoms with Gasteiger partial charge in [0.1, 0.15) is 0 Å². The molecule has 1 unspecified atom stereocenters. The molecule has 23 heavy (non-hydrogen) atoms. The second kappa shape index (κ2) is 5.49. The summed E-state index contributed by atoms with van der Waals surface area (Å²) in [6.07, 6.45) is 3.93. The third kappa shape index (κ3) is 2.36.